The number of hydrogen-bond acceptors (Lipinski definition) is 1. The zero-order chi connectivity index (χ0) is 30.5. The van der Waals surface area contributed by atoms with Crippen LogP contribution in [-0.4, -0.2) is 0 Å². The summed E-state index contributed by atoms with van der Waals surface area (Å²) in [5, 5.41) is 0. The first-order valence-electron chi connectivity index (χ1n) is 16.3. The lowest BCUT2D eigenvalue weighted by atomic mass is 9.77. The molecule has 6 aromatic carbocycles. The van der Waals surface area contributed by atoms with E-state index in [1.165, 1.54) is 96.7 Å². The molecule has 0 radical (unpaired) electrons. The van der Waals surface area contributed by atoms with Crippen molar-refractivity contribution in [1.29, 1.82) is 0 Å². The molecule has 1 saturated carbocycles. The molecule has 0 atom stereocenters. The van der Waals surface area contributed by atoms with Gasteiger partial charge in [-0.05, 0) is 118 Å². The lowest BCUT2D eigenvalue weighted by Crippen LogP contribution is -2.26. The van der Waals surface area contributed by atoms with Gasteiger partial charge in [-0.2, -0.15) is 0 Å². The van der Waals surface area contributed by atoms with E-state index in [0.29, 0.717) is 0 Å². The Kier molecular flexibility index (Phi) is 5.49. The highest BCUT2D eigenvalue weighted by molar-refractivity contribution is 5.92. The fraction of sp³-hybridized carbons (Fsp3) is 0.182. The summed E-state index contributed by atoms with van der Waals surface area (Å²) in [5.74, 6) is 0. The molecule has 3 aliphatic rings. The SMILES string of the molecule is Cc1ccc(C)c(-c2ccc(-c3ccc(N4c5ccccc5C5(CC5)c5cc6c(cc54)C(C)(C)c4ccccc4-6)cc3)cc2)c1. The molecule has 0 N–H and O–H groups in total. The highest BCUT2D eigenvalue weighted by Crippen LogP contribution is 2.65. The topological polar surface area (TPSA) is 3.24 Å². The van der Waals surface area contributed by atoms with Crippen LogP contribution in [0.3, 0.4) is 0 Å². The van der Waals surface area contributed by atoms with Crippen molar-refractivity contribution in [1.82, 2.24) is 0 Å². The Morgan fingerprint density at radius 2 is 1.13 bits per heavy atom. The highest BCUT2D eigenvalue weighted by Gasteiger charge is 2.53. The summed E-state index contributed by atoms with van der Waals surface area (Å²) < 4.78 is 0. The molecule has 6 aromatic rings. The first-order valence-corrected chi connectivity index (χ1v) is 16.3. The van der Waals surface area contributed by atoms with Crippen molar-refractivity contribution in [3.8, 4) is 33.4 Å². The smallest absolute Gasteiger partial charge is 0.0506 e. The standard InChI is InChI=1S/C44H37N/c1-28-13-14-29(2)35(25-28)32-17-15-30(16-18-32)31-19-21-33(22-20-31)45-41-12-8-7-11-38(41)44(23-24-44)40-26-36-34-9-5-6-10-37(34)43(3,4)39(36)27-42(40)45/h5-22,25-27H,23-24H2,1-4H3. The molecule has 9 rings (SSSR count). The van der Waals surface area contributed by atoms with Crippen LogP contribution in [0.15, 0.2) is 127 Å². The number of para-hydroxylation sites is 1. The lowest BCUT2D eigenvalue weighted by molar-refractivity contribution is 0.659. The molecule has 0 bridgehead atoms. The summed E-state index contributed by atoms with van der Waals surface area (Å²) in [6.45, 7) is 9.13. The molecule has 0 amide bonds. The summed E-state index contributed by atoms with van der Waals surface area (Å²) in [6.07, 6.45) is 2.43. The third-order valence-electron chi connectivity index (χ3n) is 10.9. The van der Waals surface area contributed by atoms with Crippen molar-refractivity contribution in [3.05, 3.63) is 161 Å². The number of benzene rings is 6. The van der Waals surface area contributed by atoms with E-state index >= 15 is 0 Å². The minimum Gasteiger partial charge on any atom is -0.310 e. The second kappa shape index (κ2) is 9.31. The van der Waals surface area contributed by atoms with Gasteiger partial charge in [0.15, 0.2) is 0 Å². The number of rotatable bonds is 3. The Morgan fingerprint density at radius 1 is 0.489 bits per heavy atom. The van der Waals surface area contributed by atoms with Gasteiger partial charge in [0.25, 0.3) is 0 Å². The highest BCUT2D eigenvalue weighted by atomic mass is 15.2. The molecule has 1 fully saturated rings. The van der Waals surface area contributed by atoms with E-state index in [1.807, 2.05) is 0 Å². The van der Waals surface area contributed by atoms with Gasteiger partial charge in [0.1, 0.15) is 0 Å². The maximum atomic E-state index is 2.56. The molecule has 0 aromatic heterocycles. The van der Waals surface area contributed by atoms with Gasteiger partial charge in [-0.25, -0.2) is 0 Å². The second-order valence-corrected chi connectivity index (χ2v) is 14.0. The fourth-order valence-corrected chi connectivity index (χ4v) is 8.29. The molecule has 2 aliphatic carbocycles. The van der Waals surface area contributed by atoms with Crippen molar-refractivity contribution in [2.24, 2.45) is 0 Å². The molecule has 1 heterocycles. The Bertz CT molecular complexity index is 2140. The van der Waals surface area contributed by atoms with Crippen molar-refractivity contribution in [2.45, 2.75) is 51.4 Å². The van der Waals surface area contributed by atoms with E-state index in [4.69, 9.17) is 0 Å². The van der Waals surface area contributed by atoms with Crippen LogP contribution in [0.1, 0.15) is 60.1 Å². The maximum absolute atomic E-state index is 2.56. The molecule has 45 heavy (non-hydrogen) atoms. The van der Waals surface area contributed by atoms with Gasteiger partial charge in [-0.1, -0.05) is 116 Å². The predicted molar refractivity (Wildman–Crippen MR) is 189 cm³/mol. The van der Waals surface area contributed by atoms with E-state index in [1.54, 1.807) is 0 Å². The minimum atomic E-state index is -0.0344. The van der Waals surface area contributed by atoms with Crippen molar-refractivity contribution in [2.75, 3.05) is 4.90 Å². The van der Waals surface area contributed by atoms with E-state index in [-0.39, 0.29) is 10.8 Å². The van der Waals surface area contributed by atoms with Gasteiger partial charge in [-0.15, -0.1) is 0 Å². The number of nitrogens with zero attached hydrogens (tertiary/aromatic N) is 1. The van der Waals surface area contributed by atoms with Gasteiger partial charge in [-0.3, -0.25) is 0 Å². The molecule has 1 spiro atoms. The third-order valence-corrected chi connectivity index (χ3v) is 10.9. The maximum Gasteiger partial charge on any atom is 0.0506 e. The van der Waals surface area contributed by atoms with Crippen molar-refractivity contribution in [3.63, 3.8) is 0 Å². The van der Waals surface area contributed by atoms with Gasteiger partial charge in [0, 0.05) is 16.5 Å². The second-order valence-electron chi connectivity index (χ2n) is 14.0. The van der Waals surface area contributed by atoms with E-state index in [2.05, 4.69) is 160 Å². The van der Waals surface area contributed by atoms with Gasteiger partial charge in [0.05, 0.1) is 11.4 Å². The number of hydrogen-bond donors (Lipinski definition) is 0. The van der Waals surface area contributed by atoms with Crippen LogP contribution in [0.25, 0.3) is 33.4 Å². The largest absolute Gasteiger partial charge is 0.310 e. The van der Waals surface area contributed by atoms with Crippen molar-refractivity contribution < 1.29 is 0 Å². The molecule has 1 nitrogen and oxygen atoms in total. The first-order chi connectivity index (χ1) is 21.8. The summed E-state index contributed by atoms with van der Waals surface area (Å²) in [6, 6.07) is 48.2. The third kappa shape index (κ3) is 3.80. The Labute approximate surface area is 266 Å². The van der Waals surface area contributed by atoms with Crippen LogP contribution >= 0.6 is 0 Å². The van der Waals surface area contributed by atoms with Crippen LogP contribution in [-0.2, 0) is 10.8 Å². The molecular weight excluding hydrogens is 542 g/mol. The predicted octanol–water partition coefficient (Wildman–Crippen LogP) is 11.8. The van der Waals surface area contributed by atoms with Crippen LogP contribution in [0, 0.1) is 13.8 Å². The summed E-state index contributed by atoms with van der Waals surface area (Å²) in [7, 11) is 0. The molecule has 0 saturated heterocycles. The fourth-order valence-electron chi connectivity index (χ4n) is 8.29. The summed E-state index contributed by atoms with van der Waals surface area (Å²) in [5.41, 5.74) is 20.3. The molecule has 0 unspecified atom stereocenters. The van der Waals surface area contributed by atoms with Crippen molar-refractivity contribution >= 4 is 17.1 Å². The Hall–Kier alpha value is -4.88. The lowest BCUT2D eigenvalue weighted by Gasteiger charge is -2.39. The molecule has 218 valence electrons. The zero-order valence-electron chi connectivity index (χ0n) is 26.5. The monoisotopic (exact) mass is 579 g/mol. The van der Waals surface area contributed by atoms with Gasteiger partial charge >= 0.3 is 0 Å². The average Bonchev–Trinajstić information content (AvgIpc) is 3.84. The van der Waals surface area contributed by atoms with Gasteiger partial charge in [0.2, 0.25) is 0 Å². The number of aryl methyl sites for hydroxylation is 2. The first kappa shape index (κ1) is 26.5. The summed E-state index contributed by atoms with van der Waals surface area (Å²) in [4.78, 5) is 2.53. The normalized spacial score (nSPS) is 16.1. The Morgan fingerprint density at radius 3 is 1.87 bits per heavy atom. The van der Waals surface area contributed by atoms with E-state index in [9.17, 15) is 0 Å². The summed E-state index contributed by atoms with van der Waals surface area (Å²) >= 11 is 0. The zero-order valence-corrected chi connectivity index (χ0v) is 26.5. The van der Waals surface area contributed by atoms with Crippen LogP contribution < -0.4 is 4.90 Å². The van der Waals surface area contributed by atoms with Crippen LogP contribution in [0.4, 0.5) is 17.1 Å². The molecular formula is C44H37N. The van der Waals surface area contributed by atoms with Crippen LogP contribution in [0.2, 0.25) is 0 Å². The van der Waals surface area contributed by atoms with Crippen LogP contribution in [0.5, 0.6) is 0 Å². The van der Waals surface area contributed by atoms with E-state index in [0.717, 1.165) is 0 Å². The van der Waals surface area contributed by atoms with Gasteiger partial charge < -0.3 is 4.90 Å². The number of fused-ring (bicyclic) bond motifs is 7. The minimum absolute atomic E-state index is 0.0344. The molecule has 1 heteroatoms. The number of anilines is 3. The Balaban J connectivity index is 1.14. The molecule has 1 aliphatic heterocycles. The average molecular weight is 580 g/mol. The quantitative estimate of drug-likeness (QED) is 0.202. The van der Waals surface area contributed by atoms with E-state index < -0.39 is 0 Å².